The van der Waals surface area contributed by atoms with Gasteiger partial charge in [0.25, 0.3) is 0 Å². The molecule has 0 radical (unpaired) electrons. The standard InChI is InChI=1S/C11H15N3O4/c1-8-7-10(11(13(15)16)9(2)12-8)14(17)3-5-18-6-4-14/h7H,3-6H2,1-2H3. The third-order valence-corrected chi connectivity index (χ3v) is 3.09. The fraction of sp³-hybridized carbons (Fsp3) is 0.545. The molecule has 0 bridgehead atoms. The second kappa shape index (κ2) is 4.60. The van der Waals surface area contributed by atoms with Gasteiger partial charge in [-0.05, 0) is 13.8 Å². The average molecular weight is 253 g/mol. The van der Waals surface area contributed by atoms with E-state index in [0.717, 1.165) is 0 Å². The molecule has 0 atom stereocenters. The molecule has 7 nitrogen and oxygen atoms in total. The lowest BCUT2D eigenvalue weighted by atomic mass is 10.2. The van der Waals surface area contributed by atoms with Crippen LogP contribution in [-0.2, 0) is 4.74 Å². The molecule has 0 unspecified atom stereocenters. The summed E-state index contributed by atoms with van der Waals surface area (Å²) in [6.07, 6.45) is 0. The fourth-order valence-corrected chi connectivity index (χ4v) is 2.22. The highest BCUT2D eigenvalue weighted by Crippen LogP contribution is 2.36. The minimum atomic E-state index is -0.708. The number of aryl methyl sites for hydroxylation is 2. The van der Waals surface area contributed by atoms with Crippen molar-refractivity contribution in [2.45, 2.75) is 13.8 Å². The first-order valence-electron chi connectivity index (χ1n) is 5.73. The smallest absolute Gasteiger partial charge is 0.350 e. The zero-order chi connectivity index (χ0) is 13.3. The van der Waals surface area contributed by atoms with Crippen molar-refractivity contribution < 1.29 is 9.66 Å². The van der Waals surface area contributed by atoms with Crippen LogP contribution in [0, 0.1) is 29.2 Å². The molecule has 1 aliphatic heterocycles. The summed E-state index contributed by atoms with van der Waals surface area (Å²) in [7, 11) is 0. The Kier molecular flexibility index (Phi) is 3.29. The maximum atomic E-state index is 12.7. The number of quaternary nitrogens is 1. The van der Waals surface area contributed by atoms with Crippen LogP contribution < -0.4 is 4.65 Å². The molecule has 0 spiro atoms. The number of hydrogen-bond acceptors (Lipinski definition) is 5. The van der Waals surface area contributed by atoms with Gasteiger partial charge >= 0.3 is 5.69 Å². The van der Waals surface area contributed by atoms with Crippen molar-refractivity contribution in [2.75, 3.05) is 26.3 Å². The number of ether oxygens (including phenoxy) is 1. The van der Waals surface area contributed by atoms with Crippen molar-refractivity contribution in [3.8, 4) is 0 Å². The van der Waals surface area contributed by atoms with Crippen LogP contribution in [0.3, 0.4) is 0 Å². The van der Waals surface area contributed by atoms with Crippen molar-refractivity contribution in [3.63, 3.8) is 0 Å². The summed E-state index contributed by atoms with van der Waals surface area (Å²) in [5.74, 6) is 0. The van der Waals surface area contributed by atoms with Crippen LogP contribution in [0.2, 0.25) is 0 Å². The lowest BCUT2D eigenvalue weighted by molar-refractivity contribution is -0.385. The summed E-state index contributed by atoms with van der Waals surface area (Å²) in [6, 6.07) is 1.52. The Morgan fingerprint density at radius 2 is 2.00 bits per heavy atom. The summed E-state index contributed by atoms with van der Waals surface area (Å²) in [6.45, 7) is 4.32. The summed E-state index contributed by atoms with van der Waals surface area (Å²) < 4.78 is 4.44. The third kappa shape index (κ3) is 2.20. The number of nitrogens with zero attached hydrogens (tertiary/aromatic N) is 3. The molecule has 7 heteroatoms. The van der Waals surface area contributed by atoms with Gasteiger partial charge in [0, 0.05) is 11.8 Å². The van der Waals surface area contributed by atoms with E-state index in [1.807, 2.05) is 0 Å². The Labute approximate surface area is 104 Å². The first kappa shape index (κ1) is 12.9. The third-order valence-electron chi connectivity index (χ3n) is 3.09. The van der Waals surface area contributed by atoms with Crippen molar-refractivity contribution in [3.05, 3.63) is 32.8 Å². The number of morpholine rings is 1. The molecule has 98 valence electrons. The van der Waals surface area contributed by atoms with Gasteiger partial charge in [0.1, 0.15) is 18.8 Å². The minimum absolute atomic E-state index is 0.169. The number of rotatable bonds is 2. The van der Waals surface area contributed by atoms with Gasteiger partial charge in [-0.3, -0.25) is 15.1 Å². The largest absolute Gasteiger partial charge is 0.627 e. The molecule has 1 saturated heterocycles. The first-order valence-corrected chi connectivity index (χ1v) is 5.73. The molecule has 1 fully saturated rings. The van der Waals surface area contributed by atoms with E-state index in [-0.39, 0.29) is 30.2 Å². The van der Waals surface area contributed by atoms with E-state index in [0.29, 0.717) is 18.9 Å². The van der Waals surface area contributed by atoms with E-state index in [4.69, 9.17) is 4.74 Å². The Balaban J connectivity index is 2.57. The second-order valence-corrected chi connectivity index (χ2v) is 4.42. The van der Waals surface area contributed by atoms with Gasteiger partial charge in [-0.15, -0.1) is 0 Å². The van der Waals surface area contributed by atoms with Crippen LogP contribution in [0.4, 0.5) is 11.4 Å². The second-order valence-electron chi connectivity index (χ2n) is 4.42. The Morgan fingerprint density at radius 3 is 2.56 bits per heavy atom. The van der Waals surface area contributed by atoms with Gasteiger partial charge in [-0.25, -0.2) is 0 Å². The molecule has 2 rings (SSSR count). The molecule has 0 saturated carbocycles. The van der Waals surface area contributed by atoms with E-state index in [1.165, 1.54) is 6.07 Å². The summed E-state index contributed by atoms with van der Waals surface area (Å²) >= 11 is 0. The van der Waals surface area contributed by atoms with Gasteiger partial charge in [-0.2, -0.15) is 0 Å². The maximum Gasteiger partial charge on any atom is 0.350 e. The fourth-order valence-electron chi connectivity index (χ4n) is 2.22. The highest BCUT2D eigenvalue weighted by atomic mass is 16.6. The van der Waals surface area contributed by atoms with Gasteiger partial charge in [-0.1, -0.05) is 0 Å². The topological polar surface area (TPSA) is 88.3 Å². The van der Waals surface area contributed by atoms with Gasteiger partial charge in [0.15, 0.2) is 0 Å². The van der Waals surface area contributed by atoms with Crippen LogP contribution in [0.1, 0.15) is 11.4 Å². The summed E-state index contributed by atoms with van der Waals surface area (Å²) in [5, 5.41) is 23.8. The van der Waals surface area contributed by atoms with Gasteiger partial charge in [0.05, 0.1) is 18.1 Å². The molecular weight excluding hydrogens is 238 g/mol. The molecule has 2 heterocycles. The quantitative estimate of drug-likeness (QED) is 0.344. The van der Waals surface area contributed by atoms with Crippen LogP contribution in [0.15, 0.2) is 6.07 Å². The Morgan fingerprint density at radius 1 is 1.39 bits per heavy atom. The molecule has 0 N–H and O–H groups in total. The van der Waals surface area contributed by atoms with Crippen molar-refractivity contribution in [1.29, 1.82) is 0 Å². The molecule has 0 amide bonds. The molecule has 0 aliphatic carbocycles. The predicted molar refractivity (Wildman–Crippen MR) is 66.1 cm³/mol. The highest BCUT2D eigenvalue weighted by Gasteiger charge is 2.34. The van der Waals surface area contributed by atoms with Crippen LogP contribution in [0.25, 0.3) is 0 Å². The van der Waals surface area contributed by atoms with Crippen LogP contribution in [0.5, 0.6) is 0 Å². The maximum absolute atomic E-state index is 12.7. The predicted octanol–water partition coefficient (Wildman–Crippen LogP) is 1.44. The highest BCUT2D eigenvalue weighted by molar-refractivity contribution is 5.64. The molecule has 1 aliphatic rings. The van der Waals surface area contributed by atoms with Gasteiger partial charge < -0.3 is 14.6 Å². The molecule has 0 aromatic carbocycles. The van der Waals surface area contributed by atoms with E-state index < -0.39 is 9.57 Å². The summed E-state index contributed by atoms with van der Waals surface area (Å²) in [5.41, 5.74) is 0.925. The Hall–Kier alpha value is -1.57. The molecular formula is C11H15N3O4. The molecule has 1 aromatic rings. The van der Waals surface area contributed by atoms with E-state index in [2.05, 4.69) is 4.98 Å². The molecule has 1 aromatic heterocycles. The number of nitro groups is 1. The lowest BCUT2D eigenvalue weighted by Gasteiger charge is -2.43. The SMILES string of the molecule is Cc1cc([N+]2([O-])CCOCC2)c([N+](=O)[O-])c(C)n1. The molecule has 18 heavy (non-hydrogen) atoms. The Bertz CT molecular complexity index is 483. The van der Waals surface area contributed by atoms with E-state index >= 15 is 0 Å². The van der Waals surface area contributed by atoms with Crippen LogP contribution in [-0.4, -0.2) is 36.2 Å². The first-order chi connectivity index (χ1) is 8.44. The van der Waals surface area contributed by atoms with Crippen molar-refractivity contribution >= 4 is 11.4 Å². The summed E-state index contributed by atoms with van der Waals surface area (Å²) in [4.78, 5) is 14.7. The van der Waals surface area contributed by atoms with Gasteiger partial charge in [0.2, 0.25) is 5.69 Å². The monoisotopic (exact) mass is 253 g/mol. The van der Waals surface area contributed by atoms with Crippen molar-refractivity contribution in [2.24, 2.45) is 0 Å². The number of hydrogen-bond donors (Lipinski definition) is 0. The van der Waals surface area contributed by atoms with Crippen LogP contribution >= 0.6 is 0 Å². The van der Waals surface area contributed by atoms with E-state index in [1.54, 1.807) is 13.8 Å². The van der Waals surface area contributed by atoms with E-state index in [9.17, 15) is 15.3 Å². The lowest BCUT2D eigenvalue weighted by Crippen LogP contribution is -2.51. The minimum Gasteiger partial charge on any atom is -0.627 e. The zero-order valence-corrected chi connectivity index (χ0v) is 10.4. The number of aromatic nitrogens is 1. The zero-order valence-electron chi connectivity index (χ0n) is 10.4. The normalized spacial score (nSPS) is 18.6. The average Bonchev–Trinajstić information content (AvgIpc) is 2.28. The number of hydroxylamine groups is 2. The number of pyridine rings is 1. The van der Waals surface area contributed by atoms with Crippen molar-refractivity contribution in [1.82, 2.24) is 9.63 Å².